The Balaban J connectivity index is 1.55. The van der Waals surface area contributed by atoms with E-state index in [1.165, 1.54) is 0 Å². The van der Waals surface area contributed by atoms with E-state index in [2.05, 4.69) is 4.98 Å². The lowest BCUT2D eigenvalue weighted by molar-refractivity contribution is 0.0735. The van der Waals surface area contributed by atoms with E-state index in [-0.39, 0.29) is 23.2 Å². The summed E-state index contributed by atoms with van der Waals surface area (Å²) < 4.78 is 26.6. The molecule has 21 heavy (non-hydrogen) atoms. The van der Waals surface area contributed by atoms with Crippen molar-refractivity contribution in [1.82, 2.24) is 14.2 Å². The van der Waals surface area contributed by atoms with Crippen LogP contribution in [-0.2, 0) is 10.0 Å². The molecule has 4 rings (SSSR count). The number of amides is 1. The minimum atomic E-state index is -3.13. The number of hydrogen-bond acceptors (Lipinski definition) is 3. The van der Waals surface area contributed by atoms with Gasteiger partial charge in [0.1, 0.15) is 0 Å². The lowest BCUT2D eigenvalue weighted by atomic mass is 10.1. The largest absolute Gasteiger partial charge is 0.367 e. The highest BCUT2D eigenvalue weighted by atomic mass is 32.2. The smallest absolute Gasteiger partial charge is 0.255 e. The van der Waals surface area contributed by atoms with Crippen molar-refractivity contribution in [3.8, 4) is 0 Å². The molecule has 1 aromatic rings. The van der Waals surface area contributed by atoms with Gasteiger partial charge in [-0.25, -0.2) is 8.42 Å². The van der Waals surface area contributed by atoms with Crippen molar-refractivity contribution in [2.24, 2.45) is 0 Å². The number of fused-ring (bicyclic) bond motifs is 1. The van der Waals surface area contributed by atoms with Gasteiger partial charge in [0.25, 0.3) is 5.91 Å². The molecule has 6 nitrogen and oxygen atoms in total. The number of carbonyl (C=O) groups excluding carboxylic acids is 1. The first-order chi connectivity index (χ1) is 10.1. The predicted molar refractivity (Wildman–Crippen MR) is 77.3 cm³/mol. The summed E-state index contributed by atoms with van der Waals surface area (Å²) >= 11 is 0. The fourth-order valence-electron chi connectivity index (χ4n) is 3.69. The Kier molecular flexibility index (Phi) is 2.91. The SMILES string of the molecule is O=C(c1cc[nH]c1)N1CC[C@H]2[C@H]1CCN2S(=O)(=O)C1CC1. The van der Waals surface area contributed by atoms with Crippen molar-refractivity contribution in [3.63, 3.8) is 0 Å². The van der Waals surface area contributed by atoms with Gasteiger partial charge >= 0.3 is 0 Å². The van der Waals surface area contributed by atoms with Crippen LogP contribution >= 0.6 is 0 Å². The van der Waals surface area contributed by atoms with Crippen LogP contribution in [0.15, 0.2) is 18.5 Å². The van der Waals surface area contributed by atoms with Crippen molar-refractivity contribution < 1.29 is 13.2 Å². The molecule has 1 saturated carbocycles. The maximum absolute atomic E-state index is 12.5. The normalized spacial score (nSPS) is 29.8. The second-order valence-corrected chi connectivity index (χ2v) is 8.33. The number of nitrogens with one attached hydrogen (secondary N) is 1. The van der Waals surface area contributed by atoms with Gasteiger partial charge in [-0.3, -0.25) is 4.79 Å². The molecule has 3 fully saturated rings. The highest BCUT2D eigenvalue weighted by Gasteiger charge is 2.52. The monoisotopic (exact) mass is 309 g/mol. The molecular weight excluding hydrogens is 290 g/mol. The van der Waals surface area contributed by atoms with E-state index in [9.17, 15) is 13.2 Å². The van der Waals surface area contributed by atoms with Gasteiger partial charge in [-0.2, -0.15) is 4.31 Å². The van der Waals surface area contributed by atoms with Gasteiger partial charge in [0.05, 0.1) is 10.8 Å². The van der Waals surface area contributed by atoms with Crippen molar-refractivity contribution in [3.05, 3.63) is 24.0 Å². The summed E-state index contributed by atoms with van der Waals surface area (Å²) in [6.45, 7) is 1.21. The van der Waals surface area contributed by atoms with Crippen LogP contribution in [0.25, 0.3) is 0 Å². The standard InChI is InChI=1S/C14H19N3O3S/c18-14(10-3-6-15-9-10)16-7-4-13-12(16)5-8-17(13)21(19,20)11-1-2-11/h3,6,9,11-13,15H,1-2,4-5,7-8H2/t12-,13+/m1/s1. The second kappa shape index (κ2) is 4.58. The van der Waals surface area contributed by atoms with Crippen LogP contribution in [-0.4, -0.2) is 58.9 Å². The van der Waals surface area contributed by atoms with Gasteiger partial charge < -0.3 is 9.88 Å². The fraction of sp³-hybridized carbons (Fsp3) is 0.643. The topological polar surface area (TPSA) is 73.5 Å². The summed E-state index contributed by atoms with van der Waals surface area (Å²) in [5.41, 5.74) is 0.652. The Morgan fingerprint density at radius 1 is 1.14 bits per heavy atom. The summed E-state index contributed by atoms with van der Waals surface area (Å²) in [7, 11) is -3.13. The van der Waals surface area contributed by atoms with Crippen molar-refractivity contribution in [1.29, 1.82) is 0 Å². The van der Waals surface area contributed by atoms with Crippen LogP contribution < -0.4 is 0 Å². The lowest BCUT2D eigenvalue weighted by Crippen LogP contribution is -2.42. The molecule has 2 saturated heterocycles. The first kappa shape index (κ1) is 13.3. The van der Waals surface area contributed by atoms with E-state index in [0.717, 1.165) is 25.7 Å². The summed E-state index contributed by atoms with van der Waals surface area (Å²) in [5.74, 6) is 0.00872. The van der Waals surface area contributed by atoms with Gasteiger partial charge in [-0.1, -0.05) is 0 Å². The molecule has 0 aromatic carbocycles. The van der Waals surface area contributed by atoms with Gasteiger partial charge in [0.2, 0.25) is 10.0 Å². The first-order valence-electron chi connectivity index (χ1n) is 7.53. The van der Waals surface area contributed by atoms with Crippen LogP contribution in [0.4, 0.5) is 0 Å². The first-order valence-corrected chi connectivity index (χ1v) is 9.04. The molecule has 1 N–H and O–H groups in total. The molecule has 3 heterocycles. The summed E-state index contributed by atoms with van der Waals surface area (Å²) in [6.07, 6.45) is 6.53. The summed E-state index contributed by atoms with van der Waals surface area (Å²) in [4.78, 5) is 17.2. The minimum Gasteiger partial charge on any atom is -0.367 e. The zero-order valence-corrected chi connectivity index (χ0v) is 12.6. The highest BCUT2D eigenvalue weighted by molar-refractivity contribution is 7.90. The third-order valence-corrected chi connectivity index (χ3v) is 7.32. The number of aromatic nitrogens is 1. The number of sulfonamides is 1. The second-order valence-electron chi connectivity index (χ2n) is 6.17. The number of aromatic amines is 1. The number of likely N-dealkylation sites (tertiary alicyclic amines) is 1. The molecular formula is C14H19N3O3S. The molecule has 2 atom stereocenters. The Labute approximate surface area is 124 Å². The number of nitrogens with zero attached hydrogens (tertiary/aromatic N) is 2. The Hall–Kier alpha value is -1.34. The van der Waals surface area contributed by atoms with E-state index >= 15 is 0 Å². The van der Waals surface area contributed by atoms with E-state index in [4.69, 9.17) is 0 Å². The quantitative estimate of drug-likeness (QED) is 0.897. The average Bonchev–Trinajstić information content (AvgIpc) is 2.91. The van der Waals surface area contributed by atoms with Crippen LogP contribution in [0, 0.1) is 0 Å². The molecule has 114 valence electrons. The minimum absolute atomic E-state index is 0.00872. The molecule has 0 spiro atoms. The molecule has 3 aliphatic rings. The molecule has 1 aromatic heterocycles. The lowest BCUT2D eigenvalue weighted by Gasteiger charge is -2.25. The highest BCUT2D eigenvalue weighted by Crippen LogP contribution is 2.39. The molecule has 1 aliphatic carbocycles. The molecule has 7 heteroatoms. The van der Waals surface area contributed by atoms with Crippen LogP contribution in [0.5, 0.6) is 0 Å². The van der Waals surface area contributed by atoms with Crippen LogP contribution in [0.1, 0.15) is 36.0 Å². The third kappa shape index (κ3) is 2.02. The maximum Gasteiger partial charge on any atom is 0.255 e. The number of H-pyrrole nitrogens is 1. The molecule has 0 radical (unpaired) electrons. The molecule has 0 bridgehead atoms. The Morgan fingerprint density at radius 2 is 1.90 bits per heavy atom. The third-order valence-electron chi connectivity index (χ3n) is 4.90. The summed E-state index contributed by atoms with van der Waals surface area (Å²) in [6, 6.07) is 1.79. The van der Waals surface area contributed by atoms with Crippen molar-refractivity contribution in [2.45, 2.75) is 43.0 Å². The van der Waals surface area contributed by atoms with Gasteiger partial charge in [-0.15, -0.1) is 0 Å². The van der Waals surface area contributed by atoms with Crippen molar-refractivity contribution >= 4 is 15.9 Å². The van der Waals surface area contributed by atoms with Gasteiger partial charge in [0, 0.05) is 37.6 Å². The maximum atomic E-state index is 12.5. The molecule has 2 aliphatic heterocycles. The van der Waals surface area contributed by atoms with Gasteiger partial charge in [-0.05, 0) is 31.7 Å². The van der Waals surface area contributed by atoms with E-state index < -0.39 is 10.0 Å². The number of carbonyl (C=O) groups is 1. The average molecular weight is 309 g/mol. The molecule has 0 unspecified atom stereocenters. The van der Waals surface area contributed by atoms with Crippen molar-refractivity contribution in [2.75, 3.05) is 13.1 Å². The van der Waals surface area contributed by atoms with E-state index in [1.807, 2.05) is 4.90 Å². The van der Waals surface area contributed by atoms with E-state index in [1.54, 1.807) is 22.8 Å². The fourth-order valence-corrected chi connectivity index (χ4v) is 5.79. The van der Waals surface area contributed by atoms with Gasteiger partial charge in [0.15, 0.2) is 0 Å². The number of hydrogen-bond donors (Lipinski definition) is 1. The Bertz CT molecular complexity index is 651. The zero-order chi connectivity index (χ0) is 14.6. The van der Waals surface area contributed by atoms with E-state index in [0.29, 0.717) is 18.7 Å². The predicted octanol–water partition coefficient (Wildman–Crippen LogP) is 0.796. The summed E-state index contributed by atoms with van der Waals surface area (Å²) in [5, 5.41) is -0.161. The van der Waals surface area contributed by atoms with Crippen LogP contribution in [0.3, 0.4) is 0 Å². The molecule has 1 amide bonds. The Morgan fingerprint density at radius 3 is 2.57 bits per heavy atom. The van der Waals surface area contributed by atoms with Crippen LogP contribution in [0.2, 0.25) is 0 Å². The zero-order valence-electron chi connectivity index (χ0n) is 11.7. The number of rotatable bonds is 3.